The first-order chi connectivity index (χ1) is 13.6. The van der Waals surface area contributed by atoms with Crippen LogP contribution in [-0.4, -0.2) is 49.2 Å². The highest BCUT2D eigenvalue weighted by Crippen LogP contribution is 2.29. The third kappa shape index (κ3) is 3.48. The number of aliphatic carboxylic acids is 1. The van der Waals surface area contributed by atoms with Gasteiger partial charge in [0.25, 0.3) is 5.91 Å². The van der Waals surface area contributed by atoms with Gasteiger partial charge in [-0.15, -0.1) is 0 Å². The summed E-state index contributed by atoms with van der Waals surface area (Å²) in [5.74, 6) is -1.46. The van der Waals surface area contributed by atoms with Gasteiger partial charge in [-0.2, -0.15) is 5.10 Å². The molecule has 0 saturated carbocycles. The van der Waals surface area contributed by atoms with E-state index in [9.17, 15) is 14.7 Å². The van der Waals surface area contributed by atoms with E-state index in [-0.39, 0.29) is 11.9 Å². The maximum Gasteiger partial charge on any atom is 0.329 e. The van der Waals surface area contributed by atoms with Crippen LogP contribution in [0, 0.1) is 6.92 Å². The molecule has 0 unspecified atom stereocenters. The number of carboxylic acids is 1. The van der Waals surface area contributed by atoms with Crippen molar-refractivity contribution >= 4 is 22.9 Å². The van der Waals surface area contributed by atoms with Crippen molar-refractivity contribution < 1.29 is 14.7 Å². The van der Waals surface area contributed by atoms with E-state index in [1.807, 2.05) is 45.0 Å². The molecular formula is C22H26N4O3. The number of carbonyl (C=O) groups excluding carboxylic acids is 1. The quantitative estimate of drug-likeness (QED) is 0.708. The van der Waals surface area contributed by atoms with Crippen LogP contribution in [0.2, 0.25) is 0 Å². The summed E-state index contributed by atoms with van der Waals surface area (Å²) in [5.41, 5.74) is 2.24. The number of likely N-dealkylation sites (N-methyl/N-ethyl adjacent to an activating group) is 1. The molecule has 7 nitrogen and oxygen atoms in total. The van der Waals surface area contributed by atoms with E-state index < -0.39 is 11.5 Å². The number of aromatic nitrogens is 3. The predicted octanol–water partition coefficient (Wildman–Crippen LogP) is 3.92. The Morgan fingerprint density at radius 3 is 2.45 bits per heavy atom. The lowest BCUT2D eigenvalue weighted by Crippen LogP contribution is -2.50. The molecule has 2 heterocycles. The van der Waals surface area contributed by atoms with Gasteiger partial charge < -0.3 is 10.0 Å². The Morgan fingerprint density at radius 2 is 1.86 bits per heavy atom. The molecule has 3 aromatic rings. The number of hydrogen-bond donors (Lipinski definition) is 1. The van der Waals surface area contributed by atoms with Crippen LogP contribution in [0.4, 0.5) is 0 Å². The van der Waals surface area contributed by atoms with Crippen LogP contribution in [0.3, 0.4) is 0 Å². The van der Waals surface area contributed by atoms with Crippen molar-refractivity contribution in [2.24, 2.45) is 0 Å². The van der Waals surface area contributed by atoms with Gasteiger partial charge in [0.1, 0.15) is 5.54 Å². The molecule has 0 fully saturated rings. The molecule has 152 valence electrons. The van der Waals surface area contributed by atoms with Gasteiger partial charge in [0, 0.05) is 18.7 Å². The number of aryl methyl sites for hydroxylation is 1. The van der Waals surface area contributed by atoms with E-state index in [0.717, 1.165) is 11.1 Å². The van der Waals surface area contributed by atoms with Crippen molar-refractivity contribution in [2.75, 3.05) is 7.05 Å². The minimum absolute atomic E-state index is 0.0586. The summed E-state index contributed by atoms with van der Waals surface area (Å²) in [6.07, 6.45) is 1.62. The van der Waals surface area contributed by atoms with Gasteiger partial charge in [0.15, 0.2) is 5.65 Å². The Hall–Kier alpha value is -3.22. The van der Waals surface area contributed by atoms with Crippen molar-refractivity contribution in [2.45, 2.75) is 46.2 Å². The van der Waals surface area contributed by atoms with Crippen LogP contribution in [0.25, 0.3) is 22.3 Å². The third-order valence-electron chi connectivity index (χ3n) is 5.37. The second kappa shape index (κ2) is 7.31. The molecule has 29 heavy (non-hydrogen) atoms. The monoisotopic (exact) mass is 394 g/mol. The van der Waals surface area contributed by atoms with E-state index in [0.29, 0.717) is 22.3 Å². The molecule has 0 radical (unpaired) electrons. The van der Waals surface area contributed by atoms with Crippen LogP contribution in [-0.2, 0) is 4.79 Å². The van der Waals surface area contributed by atoms with Crippen molar-refractivity contribution in [1.82, 2.24) is 19.7 Å². The molecule has 1 N–H and O–H groups in total. The molecule has 0 atom stereocenters. The molecule has 0 bridgehead atoms. The molecule has 0 spiro atoms. The highest BCUT2D eigenvalue weighted by molar-refractivity contribution is 6.07. The van der Waals surface area contributed by atoms with Crippen molar-refractivity contribution in [1.29, 1.82) is 0 Å². The summed E-state index contributed by atoms with van der Waals surface area (Å²) >= 11 is 0. The summed E-state index contributed by atoms with van der Waals surface area (Å²) in [6.45, 7) is 8.99. The van der Waals surface area contributed by atoms with Gasteiger partial charge in [-0.25, -0.2) is 14.5 Å². The Morgan fingerprint density at radius 1 is 1.21 bits per heavy atom. The minimum Gasteiger partial charge on any atom is -0.480 e. The molecule has 0 aliphatic rings. The minimum atomic E-state index is -1.36. The fourth-order valence-corrected chi connectivity index (χ4v) is 3.15. The van der Waals surface area contributed by atoms with E-state index in [4.69, 9.17) is 4.98 Å². The summed E-state index contributed by atoms with van der Waals surface area (Å²) in [4.78, 5) is 31.1. The van der Waals surface area contributed by atoms with E-state index in [1.54, 1.807) is 16.9 Å². The summed E-state index contributed by atoms with van der Waals surface area (Å²) < 4.78 is 1.77. The van der Waals surface area contributed by atoms with Gasteiger partial charge >= 0.3 is 5.97 Å². The van der Waals surface area contributed by atoms with Crippen LogP contribution >= 0.6 is 0 Å². The lowest BCUT2D eigenvalue weighted by Gasteiger charge is -2.31. The number of rotatable bonds is 5. The van der Waals surface area contributed by atoms with Gasteiger partial charge in [-0.1, -0.05) is 24.3 Å². The first-order valence-corrected chi connectivity index (χ1v) is 9.51. The smallest absolute Gasteiger partial charge is 0.329 e. The zero-order chi connectivity index (χ0) is 21.5. The van der Waals surface area contributed by atoms with E-state index in [1.165, 1.54) is 25.8 Å². The fourth-order valence-electron chi connectivity index (χ4n) is 3.15. The second-order valence-electron chi connectivity index (χ2n) is 8.02. The van der Waals surface area contributed by atoms with Crippen LogP contribution in [0.1, 0.15) is 49.7 Å². The number of carboxylic acid groups (broad SMARTS) is 1. The molecule has 0 saturated heterocycles. The summed E-state index contributed by atoms with van der Waals surface area (Å²) in [6, 6.07) is 9.61. The Labute approximate surface area is 170 Å². The lowest BCUT2D eigenvalue weighted by molar-refractivity contribution is -0.147. The third-order valence-corrected chi connectivity index (χ3v) is 5.37. The van der Waals surface area contributed by atoms with Crippen LogP contribution in [0.5, 0.6) is 0 Å². The number of carbonyl (C=O) groups is 2. The normalized spacial score (nSPS) is 11.8. The van der Waals surface area contributed by atoms with Gasteiger partial charge in [-0.3, -0.25) is 4.79 Å². The zero-order valence-corrected chi connectivity index (χ0v) is 17.6. The van der Waals surface area contributed by atoms with Crippen molar-refractivity contribution in [3.63, 3.8) is 0 Å². The maximum atomic E-state index is 13.4. The highest BCUT2D eigenvalue weighted by Gasteiger charge is 2.36. The second-order valence-corrected chi connectivity index (χ2v) is 8.02. The van der Waals surface area contributed by atoms with E-state index in [2.05, 4.69) is 5.10 Å². The van der Waals surface area contributed by atoms with Crippen LogP contribution < -0.4 is 0 Å². The predicted molar refractivity (Wildman–Crippen MR) is 112 cm³/mol. The summed E-state index contributed by atoms with van der Waals surface area (Å²) in [7, 11) is 1.50. The Bertz CT molecular complexity index is 1100. The number of amides is 1. The molecule has 0 aliphatic carbocycles. The molecule has 2 aromatic heterocycles. The van der Waals surface area contributed by atoms with Gasteiger partial charge in [-0.05, 0) is 46.2 Å². The molecule has 7 heteroatoms. The first kappa shape index (κ1) is 20.5. The highest BCUT2D eigenvalue weighted by atomic mass is 16.4. The number of fused-ring (bicyclic) bond motifs is 1. The van der Waals surface area contributed by atoms with Crippen molar-refractivity contribution in [3.05, 3.63) is 47.7 Å². The van der Waals surface area contributed by atoms with Gasteiger partial charge in [0.05, 0.1) is 22.8 Å². The topological polar surface area (TPSA) is 88.3 Å². The molecule has 1 aromatic carbocycles. The van der Waals surface area contributed by atoms with E-state index >= 15 is 0 Å². The maximum absolute atomic E-state index is 13.4. The standard InChI is InChI=1S/C22H26N4O3/c1-13(2)26-19-17(12-23-26)16(20(27)25(6)22(4,5)21(28)29)11-18(24-19)15-10-8-7-9-14(15)3/h7-13H,1-6H3,(H,28,29). The molecule has 3 rings (SSSR count). The average molecular weight is 394 g/mol. The first-order valence-electron chi connectivity index (χ1n) is 9.51. The number of nitrogens with zero attached hydrogens (tertiary/aromatic N) is 4. The Balaban J connectivity index is 2.27. The Kier molecular flexibility index (Phi) is 5.17. The molecule has 1 amide bonds. The van der Waals surface area contributed by atoms with Crippen LogP contribution in [0.15, 0.2) is 36.5 Å². The molecular weight excluding hydrogens is 368 g/mol. The number of pyridine rings is 1. The fraction of sp³-hybridized carbons (Fsp3) is 0.364. The zero-order valence-electron chi connectivity index (χ0n) is 17.6. The summed E-state index contributed by atoms with van der Waals surface area (Å²) in [5, 5.41) is 14.6. The lowest BCUT2D eigenvalue weighted by atomic mass is 9.99. The molecule has 0 aliphatic heterocycles. The largest absolute Gasteiger partial charge is 0.480 e. The van der Waals surface area contributed by atoms with Gasteiger partial charge in [0.2, 0.25) is 0 Å². The number of hydrogen-bond acceptors (Lipinski definition) is 4. The average Bonchev–Trinajstić information content (AvgIpc) is 3.10. The van der Waals surface area contributed by atoms with Crippen molar-refractivity contribution in [3.8, 4) is 11.3 Å². The number of benzene rings is 1. The SMILES string of the molecule is Cc1ccccc1-c1cc(C(=O)N(C)C(C)(C)C(=O)O)c2cnn(C(C)C)c2n1.